The molecule has 0 fully saturated rings. The van der Waals surface area contributed by atoms with Crippen LogP contribution >= 0.6 is 11.3 Å². The molecule has 140 valence electrons. The third-order valence-corrected chi connectivity index (χ3v) is 5.00. The fourth-order valence-corrected chi connectivity index (χ4v) is 3.83. The Kier molecular flexibility index (Phi) is 5.76. The van der Waals surface area contributed by atoms with E-state index in [9.17, 15) is 9.59 Å². The molecule has 3 rings (SSSR count). The first-order chi connectivity index (χ1) is 13.0. The van der Waals surface area contributed by atoms with Gasteiger partial charge in [-0.05, 0) is 38.0 Å². The van der Waals surface area contributed by atoms with E-state index < -0.39 is 11.9 Å². The molecule has 1 amide bonds. The van der Waals surface area contributed by atoms with Crippen LogP contribution in [0, 0.1) is 13.8 Å². The molecule has 27 heavy (non-hydrogen) atoms. The zero-order valence-electron chi connectivity index (χ0n) is 15.5. The zero-order chi connectivity index (χ0) is 19.4. The molecule has 0 atom stereocenters. The second kappa shape index (κ2) is 8.22. The van der Waals surface area contributed by atoms with Crippen molar-refractivity contribution in [3.63, 3.8) is 0 Å². The van der Waals surface area contributed by atoms with Crippen molar-refractivity contribution in [3.8, 4) is 11.1 Å². The first-order valence-electron chi connectivity index (χ1n) is 8.75. The highest BCUT2D eigenvalue weighted by molar-refractivity contribution is 7.17. The molecule has 0 saturated carbocycles. The second-order valence-corrected chi connectivity index (χ2v) is 7.33. The van der Waals surface area contributed by atoms with Gasteiger partial charge in [0.1, 0.15) is 16.3 Å². The summed E-state index contributed by atoms with van der Waals surface area (Å²) >= 11 is 1.35. The number of carbonyl (C=O) groups excluding carboxylic acids is 2. The number of rotatable bonds is 6. The Morgan fingerprint density at radius 1 is 1.11 bits per heavy atom. The summed E-state index contributed by atoms with van der Waals surface area (Å²) in [6.07, 6.45) is 0.725. The number of esters is 1. The molecule has 0 aliphatic heterocycles. The van der Waals surface area contributed by atoms with E-state index in [1.807, 2.05) is 44.2 Å². The molecule has 0 unspecified atom stereocenters. The van der Waals surface area contributed by atoms with Gasteiger partial charge in [0.15, 0.2) is 5.76 Å². The van der Waals surface area contributed by atoms with Gasteiger partial charge in [0.2, 0.25) is 0 Å². The van der Waals surface area contributed by atoms with Crippen molar-refractivity contribution in [1.82, 2.24) is 0 Å². The van der Waals surface area contributed by atoms with Crippen LogP contribution in [0.2, 0.25) is 0 Å². The second-order valence-electron chi connectivity index (χ2n) is 6.10. The molecular formula is C21H21NO4S. The average Bonchev–Trinajstić information content (AvgIpc) is 3.23. The number of aryl methyl sites for hydroxylation is 2. The number of hydrogen-bond donors (Lipinski definition) is 1. The van der Waals surface area contributed by atoms with Crippen LogP contribution in [0.15, 0.2) is 46.9 Å². The normalized spacial score (nSPS) is 10.6. The topological polar surface area (TPSA) is 68.5 Å². The molecule has 2 aromatic heterocycles. The maximum atomic E-state index is 12.8. The van der Waals surface area contributed by atoms with Gasteiger partial charge in [-0.1, -0.05) is 37.3 Å². The molecule has 3 aromatic rings. The monoisotopic (exact) mass is 383 g/mol. The van der Waals surface area contributed by atoms with Crippen LogP contribution in [0.25, 0.3) is 11.1 Å². The number of thiophene rings is 1. The third kappa shape index (κ3) is 4.11. The molecule has 0 spiro atoms. The summed E-state index contributed by atoms with van der Waals surface area (Å²) in [5, 5.41) is 3.28. The number of carbonyl (C=O) groups is 2. The molecule has 0 aliphatic carbocycles. The summed E-state index contributed by atoms with van der Waals surface area (Å²) in [6, 6.07) is 13.0. The van der Waals surface area contributed by atoms with Gasteiger partial charge in [0.25, 0.3) is 5.91 Å². The highest BCUT2D eigenvalue weighted by Crippen LogP contribution is 2.40. The highest BCUT2D eigenvalue weighted by atomic mass is 32.1. The molecule has 0 radical (unpaired) electrons. The molecule has 0 saturated heterocycles. The fraction of sp³-hybridized carbons (Fsp3) is 0.238. The van der Waals surface area contributed by atoms with Gasteiger partial charge in [-0.2, -0.15) is 0 Å². The van der Waals surface area contributed by atoms with Gasteiger partial charge in [0.05, 0.1) is 6.61 Å². The van der Waals surface area contributed by atoms with E-state index in [-0.39, 0.29) is 5.76 Å². The van der Waals surface area contributed by atoms with Crippen molar-refractivity contribution >= 4 is 28.2 Å². The van der Waals surface area contributed by atoms with Gasteiger partial charge in [0, 0.05) is 10.4 Å². The van der Waals surface area contributed by atoms with E-state index in [2.05, 4.69) is 5.32 Å². The minimum Gasteiger partial charge on any atom is -0.462 e. The lowest BCUT2D eigenvalue weighted by Crippen LogP contribution is -2.14. The maximum absolute atomic E-state index is 12.8. The van der Waals surface area contributed by atoms with Gasteiger partial charge in [-0.15, -0.1) is 11.3 Å². The smallest absolute Gasteiger partial charge is 0.341 e. The van der Waals surface area contributed by atoms with E-state index >= 15 is 0 Å². The van der Waals surface area contributed by atoms with E-state index in [4.69, 9.17) is 9.15 Å². The van der Waals surface area contributed by atoms with E-state index in [0.29, 0.717) is 22.9 Å². The summed E-state index contributed by atoms with van der Waals surface area (Å²) in [7, 11) is 0. The molecule has 0 aliphatic rings. The van der Waals surface area contributed by atoms with Crippen LogP contribution in [0.1, 0.15) is 44.9 Å². The predicted octanol–water partition coefficient (Wildman–Crippen LogP) is 5.44. The fourth-order valence-electron chi connectivity index (χ4n) is 2.77. The minimum absolute atomic E-state index is 0.202. The number of benzene rings is 1. The SMILES string of the molecule is CCCOC(=O)c1c(NC(=O)c2ccc(C)o2)sc(C)c1-c1ccccc1. The van der Waals surface area contributed by atoms with Crippen LogP contribution in [0.3, 0.4) is 0 Å². The predicted molar refractivity (Wildman–Crippen MR) is 106 cm³/mol. The first kappa shape index (κ1) is 18.9. The Bertz CT molecular complexity index is 956. The number of anilines is 1. The molecule has 6 heteroatoms. The summed E-state index contributed by atoms with van der Waals surface area (Å²) in [6.45, 7) is 5.96. The lowest BCUT2D eigenvalue weighted by Gasteiger charge is -2.09. The van der Waals surface area contributed by atoms with Crippen LogP contribution < -0.4 is 5.32 Å². The van der Waals surface area contributed by atoms with Gasteiger partial charge in [-0.25, -0.2) is 4.79 Å². The lowest BCUT2D eigenvalue weighted by atomic mass is 10.0. The van der Waals surface area contributed by atoms with Crippen molar-refractivity contribution in [2.75, 3.05) is 11.9 Å². The Morgan fingerprint density at radius 2 is 1.85 bits per heavy atom. The Hall–Kier alpha value is -2.86. The summed E-state index contributed by atoms with van der Waals surface area (Å²) in [4.78, 5) is 26.2. The van der Waals surface area contributed by atoms with Crippen molar-refractivity contribution in [1.29, 1.82) is 0 Å². The number of furan rings is 1. The summed E-state index contributed by atoms with van der Waals surface area (Å²) in [5.74, 6) is 0.0160. The standard InChI is InChI=1S/C21H21NO4S/c1-4-12-25-21(24)18-17(15-8-6-5-7-9-15)14(3)27-20(18)22-19(23)16-11-10-13(2)26-16/h5-11H,4,12H2,1-3H3,(H,22,23). The van der Waals surface area contributed by atoms with Gasteiger partial charge < -0.3 is 14.5 Å². The largest absolute Gasteiger partial charge is 0.462 e. The van der Waals surface area contributed by atoms with Crippen LogP contribution in [-0.4, -0.2) is 18.5 Å². The van der Waals surface area contributed by atoms with Crippen molar-refractivity contribution in [3.05, 3.63) is 64.4 Å². The lowest BCUT2D eigenvalue weighted by molar-refractivity contribution is 0.0507. The molecule has 2 heterocycles. The highest BCUT2D eigenvalue weighted by Gasteiger charge is 2.26. The van der Waals surface area contributed by atoms with Crippen LogP contribution in [0.5, 0.6) is 0 Å². The van der Waals surface area contributed by atoms with Crippen molar-refractivity contribution in [2.24, 2.45) is 0 Å². The Morgan fingerprint density at radius 3 is 2.48 bits per heavy atom. The van der Waals surface area contributed by atoms with Crippen LogP contribution in [-0.2, 0) is 4.74 Å². The minimum atomic E-state index is -0.439. The maximum Gasteiger partial charge on any atom is 0.341 e. The Balaban J connectivity index is 2.02. The number of ether oxygens (including phenoxy) is 1. The summed E-state index contributed by atoms with van der Waals surface area (Å²) in [5.41, 5.74) is 2.07. The van der Waals surface area contributed by atoms with Gasteiger partial charge >= 0.3 is 5.97 Å². The van der Waals surface area contributed by atoms with Crippen molar-refractivity contribution < 1.29 is 18.7 Å². The number of amides is 1. The molecule has 1 aromatic carbocycles. The molecule has 5 nitrogen and oxygen atoms in total. The average molecular weight is 383 g/mol. The molecule has 0 bridgehead atoms. The van der Waals surface area contributed by atoms with Crippen molar-refractivity contribution in [2.45, 2.75) is 27.2 Å². The first-order valence-corrected chi connectivity index (χ1v) is 9.56. The quantitative estimate of drug-likeness (QED) is 0.575. The van der Waals surface area contributed by atoms with E-state index in [0.717, 1.165) is 22.4 Å². The third-order valence-electron chi connectivity index (χ3n) is 3.98. The number of nitrogens with one attached hydrogen (secondary N) is 1. The van der Waals surface area contributed by atoms with E-state index in [1.165, 1.54) is 11.3 Å². The molecular weight excluding hydrogens is 362 g/mol. The van der Waals surface area contributed by atoms with E-state index in [1.54, 1.807) is 19.1 Å². The summed E-state index contributed by atoms with van der Waals surface area (Å²) < 4.78 is 10.8. The number of hydrogen-bond acceptors (Lipinski definition) is 5. The molecule has 1 N–H and O–H groups in total. The Labute approximate surface area is 162 Å². The van der Waals surface area contributed by atoms with Gasteiger partial charge in [-0.3, -0.25) is 4.79 Å². The zero-order valence-corrected chi connectivity index (χ0v) is 16.3. The van der Waals surface area contributed by atoms with Crippen LogP contribution in [0.4, 0.5) is 5.00 Å².